The second-order valence-electron chi connectivity index (χ2n) is 5.55. The summed E-state index contributed by atoms with van der Waals surface area (Å²) in [6, 6.07) is 12.5. The van der Waals surface area contributed by atoms with Gasteiger partial charge in [-0.1, -0.05) is 18.2 Å². The van der Waals surface area contributed by atoms with Gasteiger partial charge in [-0.3, -0.25) is 14.5 Å². The first-order valence-corrected chi connectivity index (χ1v) is 9.89. The molecule has 2 amide bonds. The fourth-order valence-corrected chi connectivity index (χ4v) is 3.94. The van der Waals surface area contributed by atoms with Gasteiger partial charge in [-0.05, 0) is 70.3 Å². The Morgan fingerprint density at radius 2 is 1.96 bits per heavy atom. The Balaban J connectivity index is 1.70. The molecule has 1 aliphatic rings. The topological polar surface area (TPSA) is 76.1 Å². The number of ether oxygens (including phenoxy) is 2. The highest BCUT2D eigenvalue weighted by Gasteiger charge is 2.34. The molecule has 3 rings (SSSR count). The van der Waals surface area contributed by atoms with E-state index in [4.69, 9.17) is 9.47 Å². The molecule has 1 fully saturated rings. The van der Waals surface area contributed by atoms with Gasteiger partial charge in [0.1, 0.15) is 12.4 Å². The molecule has 0 aromatic heterocycles. The number of hydrogen-bond acceptors (Lipinski definition) is 6. The molecule has 1 saturated heterocycles. The molecule has 0 radical (unpaired) electrons. The first kappa shape index (κ1) is 19.6. The number of thioether (sulfide) groups is 1. The summed E-state index contributed by atoms with van der Waals surface area (Å²) in [7, 11) is 1.45. The first-order valence-electron chi connectivity index (χ1n) is 7.99. The summed E-state index contributed by atoms with van der Waals surface area (Å²) in [5, 5.41) is 9.58. The van der Waals surface area contributed by atoms with Crippen molar-refractivity contribution in [2.45, 2.75) is 0 Å². The van der Waals surface area contributed by atoms with E-state index in [1.165, 1.54) is 12.0 Å². The maximum absolute atomic E-state index is 12.5. The SMILES string of the molecule is COc1cc(/C=C2\SC(=O)N(CCOc3ccccc3)C2=O)cc(I)c1O. The monoisotopic (exact) mass is 497 g/mol. The lowest BCUT2D eigenvalue weighted by molar-refractivity contribution is -0.123. The summed E-state index contributed by atoms with van der Waals surface area (Å²) >= 11 is 2.86. The van der Waals surface area contributed by atoms with Gasteiger partial charge in [0.25, 0.3) is 11.1 Å². The molecular formula is C19H16INO5S. The molecule has 0 unspecified atom stereocenters. The van der Waals surface area contributed by atoms with Gasteiger partial charge >= 0.3 is 0 Å². The number of benzene rings is 2. The maximum atomic E-state index is 12.5. The number of nitrogens with zero attached hydrogens (tertiary/aromatic N) is 1. The van der Waals surface area contributed by atoms with E-state index in [1.54, 1.807) is 18.2 Å². The molecule has 6 nitrogen and oxygen atoms in total. The molecule has 2 aromatic rings. The van der Waals surface area contributed by atoms with Crippen molar-refractivity contribution in [3.63, 3.8) is 0 Å². The molecule has 0 saturated carbocycles. The highest BCUT2D eigenvalue weighted by molar-refractivity contribution is 14.1. The summed E-state index contributed by atoms with van der Waals surface area (Å²) in [5.74, 6) is 0.680. The van der Waals surface area contributed by atoms with Crippen LogP contribution in [0, 0.1) is 3.57 Å². The second kappa shape index (κ2) is 8.66. The van der Waals surface area contributed by atoms with Crippen molar-refractivity contribution in [1.82, 2.24) is 4.90 Å². The van der Waals surface area contributed by atoms with E-state index < -0.39 is 0 Å². The number of amides is 2. The molecule has 27 heavy (non-hydrogen) atoms. The van der Waals surface area contributed by atoms with Crippen LogP contribution in [0.15, 0.2) is 47.4 Å². The number of hydrogen-bond donors (Lipinski definition) is 1. The Hall–Kier alpha value is -2.20. The van der Waals surface area contributed by atoms with Gasteiger partial charge in [0.05, 0.1) is 22.1 Å². The van der Waals surface area contributed by atoms with Crippen molar-refractivity contribution in [3.8, 4) is 17.2 Å². The van der Waals surface area contributed by atoms with E-state index in [-0.39, 0.29) is 30.0 Å². The molecule has 1 aliphatic heterocycles. The van der Waals surface area contributed by atoms with Crippen LogP contribution >= 0.6 is 34.4 Å². The zero-order valence-electron chi connectivity index (χ0n) is 14.3. The van der Waals surface area contributed by atoms with Crippen LogP contribution in [0.4, 0.5) is 4.79 Å². The largest absolute Gasteiger partial charge is 0.504 e. The van der Waals surface area contributed by atoms with Crippen molar-refractivity contribution in [3.05, 3.63) is 56.5 Å². The molecule has 0 bridgehead atoms. The van der Waals surface area contributed by atoms with Gasteiger partial charge in [-0.25, -0.2) is 0 Å². The minimum Gasteiger partial charge on any atom is -0.504 e. The fraction of sp³-hybridized carbons (Fsp3) is 0.158. The first-order chi connectivity index (χ1) is 13.0. The number of rotatable bonds is 6. The number of methoxy groups -OCH3 is 1. The molecule has 140 valence electrons. The van der Waals surface area contributed by atoms with Crippen molar-refractivity contribution < 1.29 is 24.2 Å². The van der Waals surface area contributed by atoms with Crippen LogP contribution in [0.2, 0.25) is 0 Å². The van der Waals surface area contributed by atoms with Gasteiger partial charge in [0, 0.05) is 0 Å². The van der Waals surface area contributed by atoms with Gasteiger partial charge < -0.3 is 14.6 Å². The van der Waals surface area contributed by atoms with Crippen LogP contribution in [-0.2, 0) is 4.79 Å². The molecule has 2 aromatic carbocycles. The van der Waals surface area contributed by atoms with Crippen LogP contribution < -0.4 is 9.47 Å². The van der Waals surface area contributed by atoms with Crippen molar-refractivity contribution in [2.24, 2.45) is 0 Å². The van der Waals surface area contributed by atoms with Gasteiger partial charge in [0.15, 0.2) is 11.5 Å². The summed E-state index contributed by atoms with van der Waals surface area (Å²) in [5.41, 5.74) is 0.667. The van der Waals surface area contributed by atoms with Gasteiger partial charge in [-0.15, -0.1) is 0 Å². The Morgan fingerprint density at radius 1 is 1.22 bits per heavy atom. The van der Waals surface area contributed by atoms with E-state index in [0.29, 0.717) is 25.5 Å². The Kier molecular flexibility index (Phi) is 6.27. The van der Waals surface area contributed by atoms with E-state index in [0.717, 1.165) is 11.8 Å². The standard InChI is InChI=1S/C19H16INO5S/c1-25-15-10-12(9-14(20)17(15)22)11-16-18(23)21(19(24)27-16)7-8-26-13-5-3-2-4-6-13/h2-6,9-11,22H,7-8H2,1H3/b16-11-. The third-order valence-corrected chi connectivity index (χ3v) is 5.50. The number of imide groups is 1. The normalized spacial score (nSPS) is 15.5. The lowest BCUT2D eigenvalue weighted by Gasteiger charge is -2.13. The third kappa shape index (κ3) is 4.56. The summed E-state index contributed by atoms with van der Waals surface area (Å²) in [4.78, 5) is 26.2. The zero-order chi connectivity index (χ0) is 19.4. The van der Waals surface area contributed by atoms with Crippen LogP contribution in [-0.4, -0.2) is 41.4 Å². The number of carbonyl (C=O) groups is 2. The minimum absolute atomic E-state index is 0.0430. The molecule has 1 N–H and O–H groups in total. The van der Waals surface area contributed by atoms with Crippen molar-refractivity contribution in [2.75, 3.05) is 20.3 Å². The second-order valence-corrected chi connectivity index (χ2v) is 7.70. The van der Waals surface area contributed by atoms with E-state index >= 15 is 0 Å². The zero-order valence-corrected chi connectivity index (χ0v) is 17.3. The molecule has 1 heterocycles. The predicted molar refractivity (Wildman–Crippen MR) is 112 cm³/mol. The maximum Gasteiger partial charge on any atom is 0.293 e. The van der Waals surface area contributed by atoms with Gasteiger partial charge in [0.2, 0.25) is 0 Å². The van der Waals surface area contributed by atoms with E-state index in [2.05, 4.69) is 0 Å². The number of phenols is 1. The Bertz CT molecular complexity index is 900. The molecule has 8 heteroatoms. The molecule has 0 spiro atoms. The number of para-hydroxylation sites is 1. The summed E-state index contributed by atoms with van der Waals surface area (Å²) in [6.45, 7) is 0.396. The van der Waals surface area contributed by atoms with Crippen LogP contribution in [0.25, 0.3) is 6.08 Å². The Labute approximate surface area is 174 Å². The van der Waals surface area contributed by atoms with E-state index in [9.17, 15) is 14.7 Å². The number of halogens is 1. The lowest BCUT2D eigenvalue weighted by Crippen LogP contribution is -2.32. The third-order valence-electron chi connectivity index (χ3n) is 3.77. The quantitative estimate of drug-likeness (QED) is 0.478. The number of phenolic OH excluding ortho intramolecular Hbond substituents is 1. The van der Waals surface area contributed by atoms with Gasteiger partial charge in [-0.2, -0.15) is 0 Å². The van der Waals surface area contributed by atoms with Crippen molar-refractivity contribution in [1.29, 1.82) is 0 Å². The summed E-state index contributed by atoms with van der Waals surface area (Å²) < 4.78 is 11.3. The average molecular weight is 497 g/mol. The Morgan fingerprint density at radius 3 is 2.67 bits per heavy atom. The van der Waals surface area contributed by atoms with Crippen LogP contribution in [0.3, 0.4) is 0 Å². The highest BCUT2D eigenvalue weighted by atomic mass is 127. The van der Waals surface area contributed by atoms with Crippen LogP contribution in [0.5, 0.6) is 17.2 Å². The smallest absolute Gasteiger partial charge is 0.293 e. The number of aromatic hydroxyl groups is 1. The molecule has 0 aliphatic carbocycles. The fourth-order valence-electron chi connectivity index (χ4n) is 2.45. The summed E-state index contributed by atoms with van der Waals surface area (Å²) in [6.07, 6.45) is 1.62. The molecular weight excluding hydrogens is 481 g/mol. The van der Waals surface area contributed by atoms with Crippen molar-refractivity contribution >= 4 is 51.6 Å². The number of carbonyl (C=O) groups excluding carboxylic acids is 2. The van der Waals surface area contributed by atoms with Crippen LogP contribution in [0.1, 0.15) is 5.56 Å². The van der Waals surface area contributed by atoms with E-state index in [1.807, 2.05) is 52.9 Å². The lowest BCUT2D eigenvalue weighted by atomic mass is 10.2. The highest BCUT2D eigenvalue weighted by Crippen LogP contribution is 2.36. The average Bonchev–Trinajstić information content (AvgIpc) is 2.92. The minimum atomic E-state index is -0.358. The predicted octanol–water partition coefficient (Wildman–Crippen LogP) is 4.12. The molecule has 0 atom stereocenters.